The third-order valence-corrected chi connectivity index (χ3v) is 4.72. The van der Waals surface area contributed by atoms with Crippen LogP contribution in [0.3, 0.4) is 0 Å². The number of hydrogen-bond donors (Lipinski definition) is 1. The van der Waals surface area contributed by atoms with Gasteiger partial charge in [-0.1, -0.05) is 12.1 Å². The Balaban J connectivity index is 1.56. The van der Waals surface area contributed by atoms with Gasteiger partial charge in [-0.3, -0.25) is 19.7 Å². The lowest BCUT2D eigenvalue weighted by Gasteiger charge is -2.24. The highest BCUT2D eigenvalue weighted by molar-refractivity contribution is 5.22. The van der Waals surface area contributed by atoms with Crippen molar-refractivity contribution in [2.24, 2.45) is 0 Å². The lowest BCUT2D eigenvalue weighted by atomic mass is 9.97. The molecule has 1 aliphatic heterocycles. The summed E-state index contributed by atoms with van der Waals surface area (Å²) in [6.07, 6.45) is 2.77. The Hall–Kier alpha value is -2.32. The first-order valence-corrected chi connectivity index (χ1v) is 8.27. The molecule has 0 amide bonds. The molecule has 1 aromatic heterocycles. The maximum absolute atomic E-state index is 13.1. The molecular formula is C17H21FN4O3. The van der Waals surface area contributed by atoms with Crippen molar-refractivity contribution >= 4 is 5.69 Å². The summed E-state index contributed by atoms with van der Waals surface area (Å²) in [6, 6.07) is 6.88. The molecule has 3 atom stereocenters. The van der Waals surface area contributed by atoms with Gasteiger partial charge in [-0.25, -0.2) is 4.39 Å². The second kappa shape index (κ2) is 7.28. The third-order valence-electron chi connectivity index (χ3n) is 4.72. The normalized spacial score (nSPS) is 22.2. The lowest BCUT2D eigenvalue weighted by Crippen LogP contribution is -2.37. The Bertz CT molecular complexity index is 734. The summed E-state index contributed by atoms with van der Waals surface area (Å²) >= 11 is 0. The van der Waals surface area contributed by atoms with Crippen molar-refractivity contribution in [2.45, 2.75) is 38.0 Å². The Morgan fingerprint density at radius 1 is 1.40 bits per heavy atom. The van der Waals surface area contributed by atoms with Gasteiger partial charge in [-0.15, -0.1) is 0 Å². The predicted octanol–water partition coefficient (Wildman–Crippen LogP) is 2.17. The van der Waals surface area contributed by atoms with Crippen LogP contribution in [0.1, 0.15) is 24.8 Å². The van der Waals surface area contributed by atoms with Crippen LogP contribution in [-0.2, 0) is 6.54 Å². The van der Waals surface area contributed by atoms with Gasteiger partial charge in [-0.2, -0.15) is 5.10 Å². The molecule has 0 unspecified atom stereocenters. The Morgan fingerprint density at radius 2 is 2.12 bits per heavy atom. The fourth-order valence-corrected chi connectivity index (χ4v) is 3.42. The number of hydrogen-bond acceptors (Lipinski definition) is 5. The average Bonchev–Trinajstić information content (AvgIpc) is 3.16. The molecule has 1 aliphatic rings. The van der Waals surface area contributed by atoms with E-state index in [0.29, 0.717) is 18.5 Å². The van der Waals surface area contributed by atoms with Crippen LogP contribution in [0.5, 0.6) is 0 Å². The zero-order valence-electron chi connectivity index (χ0n) is 14.0. The molecule has 0 saturated carbocycles. The standard InChI is InChI=1S/C17H21FN4O3/c1-12-6-14(13-2-4-15(18)5-3-13)8-20(12)10-17(23)11-21-9-16(7-19-21)22(24)25/h2-5,7,9,12,14,17,23H,6,8,10-11H2,1H3/t12-,14-,17+/m1/s1. The zero-order chi connectivity index (χ0) is 18.0. The molecule has 2 aromatic rings. The van der Waals surface area contributed by atoms with E-state index in [2.05, 4.69) is 16.9 Å². The van der Waals surface area contributed by atoms with Gasteiger partial charge in [0.05, 0.1) is 17.6 Å². The Labute approximate surface area is 144 Å². The number of nitrogens with zero attached hydrogens (tertiary/aromatic N) is 4. The number of aliphatic hydroxyl groups excluding tert-OH is 1. The number of β-amino-alcohol motifs (C(OH)–C–C–N with tert-alkyl or cyclic N) is 1. The van der Waals surface area contributed by atoms with Gasteiger partial charge in [0, 0.05) is 19.1 Å². The number of aromatic nitrogens is 2. The van der Waals surface area contributed by atoms with E-state index in [1.165, 1.54) is 29.2 Å². The highest BCUT2D eigenvalue weighted by Gasteiger charge is 2.31. The molecule has 7 nitrogen and oxygen atoms in total. The molecule has 0 radical (unpaired) electrons. The maximum Gasteiger partial charge on any atom is 0.306 e. The van der Waals surface area contributed by atoms with Gasteiger partial charge in [0.1, 0.15) is 18.2 Å². The van der Waals surface area contributed by atoms with Crippen LogP contribution in [0.2, 0.25) is 0 Å². The minimum Gasteiger partial charge on any atom is -0.390 e. The van der Waals surface area contributed by atoms with Crippen molar-refractivity contribution in [3.8, 4) is 0 Å². The molecule has 2 heterocycles. The van der Waals surface area contributed by atoms with Crippen LogP contribution in [0.15, 0.2) is 36.7 Å². The molecule has 0 bridgehead atoms. The van der Waals surface area contributed by atoms with Gasteiger partial charge in [0.15, 0.2) is 0 Å². The van der Waals surface area contributed by atoms with Crippen LogP contribution < -0.4 is 0 Å². The summed E-state index contributed by atoms with van der Waals surface area (Å²) in [7, 11) is 0. The smallest absolute Gasteiger partial charge is 0.306 e. The second-order valence-electron chi connectivity index (χ2n) is 6.62. The topological polar surface area (TPSA) is 84.4 Å². The fourth-order valence-electron chi connectivity index (χ4n) is 3.42. The lowest BCUT2D eigenvalue weighted by molar-refractivity contribution is -0.385. The highest BCUT2D eigenvalue weighted by Crippen LogP contribution is 2.31. The van der Waals surface area contributed by atoms with E-state index in [-0.39, 0.29) is 18.0 Å². The van der Waals surface area contributed by atoms with Crippen LogP contribution in [-0.4, -0.2) is 49.9 Å². The number of nitro groups is 1. The Kier molecular flexibility index (Phi) is 5.10. The summed E-state index contributed by atoms with van der Waals surface area (Å²) in [5.74, 6) is 0.0731. The number of aliphatic hydroxyl groups is 1. The molecule has 1 saturated heterocycles. The average molecular weight is 348 g/mol. The predicted molar refractivity (Wildman–Crippen MR) is 89.7 cm³/mol. The van der Waals surface area contributed by atoms with Gasteiger partial charge in [-0.05, 0) is 37.0 Å². The highest BCUT2D eigenvalue weighted by atomic mass is 19.1. The molecule has 3 rings (SSSR count). The Morgan fingerprint density at radius 3 is 2.76 bits per heavy atom. The van der Waals surface area contributed by atoms with E-state index in [4.69, 9.17) is 0 Å². The number of rotatable bonds is 6. The molecular weight excluding hydrogens is 327 g/mol. The largest absolute Gasteiger partial charge is 0.390 e. The van der Waals surface area contributed by atoms with E-state index in [1.807, 2.05) is 12.1 Å². The fraction of sp³-hybridized carbons (Fsp3) is 0.471. The monoisotopic (exact) mass is 348 g/mol. The van der Waals surface area contributed by atoms with E-state index in [0.717, 1.165) is 18.5 Å². The summed E-state index contributed by atoms with van der Waals surface area (Å²) < 4.78 is 14.5. The van der Waals surface area contributed by atoms with E-state index in [1.54, 1.807) is 0 Å². The molecule has 25 heavy (non-hydrogen) atoms. The van der Waals surface area contributed by atoms with Crippen molar-refractivity contribution in [3.63, 3.8) is 0 Å². The molecule has 0 spiro atoms. The number of likely N-dealkylation sites (tertiary alicyclic amines) is 1. The molecule has 0 aliphatic carbocycles. The zero-order valence-corrected chi connectivity index (χ0v) is 14.0. The van der Waals surface area contributed by atoms with Gasteiger partial charge in [0.25, 0.3) is 0 Å². The SMILES string of the molecule is C[C@@H]1C[C@@H](c2ccc(F)cc2)CN1C[C@H](O)Cn1cc([N+](=O)[O-])cn1. The van der Waals surface area contributed by atoms with Crippen molar-refractivity contribution in [1.82, 2.24) is 14.7 Å². The van der Waals surface area contributed by atoms with Crippen molar-refractivity contribution in [3.05, 3.63) is 58.2 Å². The van der Waals surface area contributed by atoms with Crippen molar-refractivity contribution in [1.29, 1.82) is 0 Å². The minimum atomic E-state index is -0.672. The summed E-state index contributed by atoms with van der Waals surface area (Å²) in [5, 5.41) is 24.9. The van der Waals surface area contributed by atoms with Crippen LogP contribution in [0.4, 0.5) is 10.1 Å². The van der Waals surface area contributed by atoms with E-state index in [9.17, 15) is 19.6 Å². The summed E-state index contributed by atoms with van der Waals surface area (Å²) in [4.78, 5) is 12.4. The first kappa shape index (κ1) is 17.5. The molecule has 1 aromatic carbocycles. The first-order valence-electron chi connectivity index (χ1n) is 8.27. The van der Waals surface area contributed by atoms with Crippen molar-refractivity contribution in [2.75, 3.05) is 13.1 Å². The third kappa shape index (κ3) is 4.21. The molecule has 1 N–H and O–H groups in total. The summed E-state index contributed by atoms with van der Waals surface area (Å²) in [5.41, 5.74) is 1.02. The quantitative estimate of drug-likeness (QED) is 0.639. The number of benzene rings is 1. The van der Waals surface area contributed by atoms with Gasteiger partial charge < -0.3 is 5.11 Å². The molecule has 134 valence electrons. The molecule has 8 heteroatoms. The number of halogens is 1. The van der Waals surface area contributed by atoms with Crippen molar-refractivity contribution < 1.29 is 14.4 Å². The van der Waals surface area contributed by atoms with E-state index >= 15 is 0 Å². The van der Waals surface area contributed by atoms with Gasteiger partial charge >= 0.3 is 5.69 Å². The maximum atomic E-state index is 13.1. The van der Waals surface area contributed by atoms with Crippen LogP contribution in [0, 0.1) is 15.9 Å². The minimum absolute atomic E-state index is 0.0851. The van der Waals surface area contributed by atoms with Gasteiger partial charge in [0.2, 0.25) is 0 Å². The molecule has 1 fully saturated rings. The van der Waals surface area contributed by atoms with E-state index < -0.39 is 11.0 Å². The van der Waals surface area contributed by atoms with Crippen LogP contribution >= 0.6 is 0 Å². The first-order chi connectivity index (χ1) is 11.9. The van der Waals surface area contributed by atoms with Crippen LogP contribution in [0.25, 0.3) is 0 Å². The second-order valence-corrected chi connectivity index (χ2v) is 6.62. The summed E-state index contributed by atoms with van der Waals surface area (Å²) in [6.45, 7) is 3.57.